The van der Waals surface area contributed by atoms with Gasteiger partial charge in [0.2, 0.25) is 0 Å². The minimum absolute atomic E-state index is 0.126. The number of ether oxygens (including phenoxy) is 1. The van der Waals surface area contributed by atoms with Crippen LogP contribution in [0.5, 0.6) is 6.01 Å². The van der Waals surface area contributed by atoms with Crippen LogP contribution in [-0.2, 0) is 10.5 Å². The van der Waals surface area contributed by atoms with Gasteiger partial charge in [0.15, 0.2) is 0 Å². The maximum Gasteiger partial charge on any atom is 0.391 e. The molecule has 94 valence electrons. The molecule has 0 aromatic carbocycles. The van der Waals surface area contributed by atoms with E-state index in [0.29, 0.717) is 4.73 Å². The number of carbonyl (C=O) groups is 1. The van der Waals surface area contributed by atoms with Crippen LogP contribution in [0.25, 0.3) is 0 Å². The zero-order chi connectivity index (χ0) is 13.0. The largest absolute Gasteiger partial charge is 0.465 e. The van der Waals surface area contributed by atoms with E-state index in [0.717, 1.165) is 0 Å². The van der Waals surface area contributed by atoms with Crippen LogP contribution in [0.2, 0.25) is 0 Å². The Balaban J connectivity index is 3.33. The minimum Gasteiger partial charge on any atom is -0.465 e. The van der Waals surface area contributed by atoms with E-state index in [4.69, 9.17) is 4.84 Å². The van der Waals surface area contributed by atoms with E-state index in [1.54, 1.807) is 6.92 Å². The molecule has 0 aliphatic heterocycles. The molecule has 0 atom stereocenters. The normalized spacial score (nSPS) is 9.76. The van der Waals surface area contributed by atoms with Crippen LogP contribution in [0.3, 0.4) is 0 Å². The molecule has 0 fully saturated rings. The highest BCUT2D eigenvalue weighted by Gasteiger charge is 2.19. The van der Waals surface area contributed by atoms with Gasteiger partial charge in [0.05, 0.1) is 7.11 Å². The van der Waals surface area contributed by atoms with Gasteiger partial charge < -0.3 is 9.57 Å². The van der Waals surface area contributed by atoms with Gasteiger partial charge in [0.25, 0.3) is 0 Å². The Hall–Kier alpha value is -2.17. The predicted octanol–water partition coefficient (Wildman–Crippen LogP) is -1.47. The second kappa shape index (κ2) is 5.25. The standard InChI is InChI=1S/C6H8N4O6S/c1-3-16-10-5(15-2)7-9(6(10)12)4(11)8-17(13)14/h3H2,1-2H3. The highest BCUT2D eigenvalue weighted by molar-refractivity contribution is 7.62. The number of carbonyl (C=O) groups excluding carboxylic acids is 1. The number of hydrogen-bond donors (Lipinski definition) is 0. The zero-order valence-electron chi connectivity index (χ0n) is 8.85. The summed E-state index contributed by atoms with van der Waals surface area (Å²) in [7, 11) is -1.77. The molecule has 1 rings (SSSR count). The van der Waals surface area contributed by atoms with Crippen LogP contribution in [0.1, 0.15) is 6.92 Å². The van der Waals surface area contributed by atoms with Gasteiger partial charge in [0, 0.05) is 0 Å². The molecule has 1 amide bonds. The minimum atomic E-state index is -2.97. The van der Waals surface area contributed by atoms with Gasteiger partial charge in [-0.05, 0) is 6.92 Å². The van der Waals surface area contributed by atoms with Gasteiger partial charge in [-0.2, -0.15) is 8.42 Å². The van der Waals surface area contributed by atoms with E-state index >= 15 is 0 Å². The van der Waals surface area contributed by atoms with Crippen molar-refractivity contribution in [3.05, 3.63) is 10.5 Å². The van der Waals surface area contributed by atoms with Crippen molar-refractivity contribution in [2.45, 2.75) is 6.92 Å². The molecule has 17 heavy (non-hydrogen) atoms. The smallest absolute Gasteiger partial charge is 0.391 e. The Labute approximate surface area is 96.0 Å². The lowest BCUT2D eigenvalue weighted by atomic mass is 10.9. The average molecular weight is 264 g/mol. The lowest BCUT2D eigenvalue weighted by molar-refractivity contribution is 0.0910. The molecule has 0 unspecified atom stereocenters. The second-order valence-electron chi connectivity index (χ2n) is 2.48. The van der Waals surface area contributed by atoms with Gasteiger partial charge >= 0.3 is 28.2 Å². The highest BCUT2D eigenvalue weighted by atomic mass is 32.2. The molecule has 0 aliphatic carbocycles. The zero-order valence-corrected chi connectivity index (χ0v) is 9.67. The Morgan fingerprint density at radius 3 is 2.65 bits per heavy atom. The maximum atomic E-state index is 11.5. The molecule has 1 heterocycles. The monoisotopic (exact) mass is 264 g/mol. The fraction of sp³-hybridized carbons (Fsp3) is 0.500. The number of hydrogen-bond acceptors (Lipinski definition) is 7. The van der Waals surface area contributed by atoms with Crippen molar-refractivity contribution in [3.8, 4) is 6.01 Å². The van der Waals surface area contributed by atoms with Crippen molar-refractivity contribution in [3.63, 3.8) is 0 Å². The molecule has 0 bridgehead atoms. The van der Waals surface area contributed by atoms with Gasteiger partial charge in [-0.15, -0.1) is 9.78 Å². The van der Waals surface area contributed by atoms with E-state index in [9.17, 15) is 18.0 Å². The first-order chi connectivity index (χ1) is 8.01. The van der Waals surface area contributed by atoms with E-state index in [-0.39, 0.29) is 17.3 Å². The number of amides is 1. The molecule has 0 saturated carbocycles. The summed E-state index contributed by atoms with van der Waals surface area (Å²) in [6.45, 7) is 1.73. The molecule has 1 aromatic heterocycles. The third-order valence-electron chi connectivity index (χ3n) is 1.49. The number of aromatic nitrogens is 3. The van der Waals surface area contributed by atoms with Gasteiger partial charge in [-0.25, -0.2) is 9.59 Å². The van der Waals surface area contributed by atoms with E-state index in [1.807, 2.05) is 0 Å². The lowest BCUT2D eigenvalue weighted by Gasteiger charge is -2.01. The Morgan fingerprint density at radius 1 is 1.53 bits per heavy atom. The summed E-state index contributed by atoms with van der Waals surface area (Å²) in [5.41, 5.74) is -1.01. The third kappa shape index (κ3) is 2.69. The quantitative estimate of drug-likeness (QED) is 0.653. The van der Waals surface area contributed by atoms with Crippen molar-refractivity contribution in [1.82, 2.24) is 14.5 Å². The lowest BCUT2D eigenvalue weighted by Crippen LogP contribution is -2.32. The SMILES string of the molecule is CCOn1c(OC)nn(C(=O)N=S(=O)=O)c1=O. The molecule has 0 spiro atoms. The average Bonchev–Trinajstić information content (AvgIpc) is 2.56. The van der Waals surface area contributed by atoms with E-state index in [1.165, 1.54) is 7.11 Å². The third-order valence-corrected chi connectivity index (χ3v) is 1.79. The fourth-order valence-electron chi connectivity index (χ4n) is 0.927. The summed E-state index contributed by atoms with van der Waals surface area (Å²) < 4.78 is 28.5. The van der Waals surface area contributed by atoms with Crippen molar-refractivity contribution < 1.29 is 22.8 Å². The first-order valence-corrected chi connectivity index (χ1v) is 5.29. The highest BCUT2D eigenvalue weighted by Crippen LogP contribution is 2.00. The Kier molecular flexibility index (Phi) is 3.98. The molecular formula is C6H8N4O6S. The molecular weight excluding hydrogens is 256 g/mol. The number of nitrogens with zero attached hydrogens (tertiary/aromatic N) is 4. The van der Waals surface area contributed by atoms with Crippen molar-refractivity contribution in [2.75, 3.05) is 13.7 Å². The summed E-state index contributed by atoms with van der Waals surface area (Å²) in [6, 6.07) is -1.66. The Bertz CT molecular complexity index is 603. The molecule has 11 heteroatoms. The second-order valence-corrected chi connectivity index (χ2v) is 3.10. The number of methoxy groups -OCH3 is 1. The first-order valence-electron chi connectivity index (χ1n) is 4.26. The van der Waals surface area contributed by atoms with E-state index < -0.39 is 22.2 Å². The van der Waals surface area contributed by atoms with Crippen molar-refractivity contribution in [1.29, 1.82) is 0 Å². The van der Waals surface area contributed by atoms with Crippen LogP contribution >= 0.6 is 0 Å². The van der Waals surface area contributed by atoms with Crippen molar-refractivity contribution in [2.24, 2.45) is 4.36 Å². The Morgan fingerprint density at radius 2 is 2.18 bits per heavy atom. The first kappa shape index (κ1) is 12.9. The van der Waals surface area contributed by atoms with Crippen LogP contribution in [0.15, 0.2) is 9.16 Å². The van der Waals surface area contributed by atoms with Crippen LogP contribution in [0.4, 0.5) is 4.79 Å². The summed E-state index contributed by atoms with van der Waals surface area (Å²) in [4.78, 5) is 27.6. The summed E-state index contributed by atoms with van der Waals surface area (Å²) in [5.74, 6) is 0. The van der Waals surface area contributed by atoms with E-state index in [2.05, 4.69) is 14.2 Å². The molecule has 0 radical (unpaired) electrons. The van der Waals surface area contributed by atoms with Crippen LogP contribution in [-0.4, -0.2) is 42.7 Å². The summed E-state index contributed by atoms with van der Waals surface area (Å²) in [5, 5.41) is 3.40. The molecule has 1 aromatic rings. The molecule has 0 N–H and O–H groups in total. The number of rotatable bonds is 3. The van der Waals surface area contributed by atoms with Crippen LogP contribution < -0.4 is 15.3 Å². The summed E-state index contributed by atoms with van der Waals surface area (Å²) in [6.07, 6.45) is 0. The van der Waals surface area contributed by atoms with Crippen molar-refractivity contribution >= 4 is 16.5 Å². The van der Waals surface area contributed by atoms with Gasteiger partial charge in [-0.3, -0.25) is 0 Å². The van der Waals surface area contributed by atoms with Gasteiger partial charge in [0.1, 0.15) is 6.61 Å². The van der Waals surface area contributed by atoms with Gasteiger partial charge in [-0.1, -0.05) is 9.09 Å². The summed E-state index contributed by atoms with van der Waals surface area (Å²) >= 11 is 0. The van der Waals surface area contributed by atoms with Crippen LogP contribution in [0, 0.1) is 0 Å². The maximum absolute atomic E-state index is 11.5. The topological polar surface area (TPSA) is 122 Å². The molecule has 0 aliphatic rings. The molecule has 0 saturated heterocycles. The fourth-order valence-corrected chi connectivity index (χ4v) is 1.13. The predicted molar refractivity (Wildman–Crippen MR) is 52.3 cm³/mol. The molecule has 10 nitrogen and oxygen atoms in total.